The van der Waals surface area contributed by atoms with E-state index in [1.807, 2.05) is 0 Å². The predicted molar refractivity (Wildman–Crippen MR) is 37.2 cm³/mol. The maximum Gasteiger partial charge on any atom is 0.0503 e. The van der Waals surface area contributed by atoms with Gasteiger partial charge < -0.3 is 10.5 Å². The first-order valence-corrected chi connectivity index (χ1v) is 3.39. The van der Waals surface area contributed by atoms with E-state index in [1.165, 1.54) is 5.57 Å². The molecule has 0 radical (unpaired) electrons. The van der Waals surface area contributed by atoms with Gasteiger partial charge in [-0.2, -0.15) is 0 Å². The number of ether oxygens (including phenoxy) is 1. The van der Waals surface area contributed by atoms with Gasteiger partial charge in [-0.25, -0.2) is 0 Å². The summed E-state index contributed by atoms with van der Waals surface area (Å²) < 4.78 is 5.16. The topological polar surface area (TPSA) is 35.2 Å². The zero-order valence-electron chi connectivity index (χ0n) is 5.60. The Labute approximate surface area is 55.7 Å². The Kier molecular flexibility index (Phi) is 2.74. The third-order valence-electron chi connectivity index (χ3n) is 1.54. The monoisotopic (exact) mass is 127 g/mol. The van der Waals surface area contributed by atoms with Crippen LogP contribution in [0.1, 0.15) is 12.8 Å². The molecule has 0 amide bonds. The highest BCUT2D eigenvalue weighted by Crippen LogP contribution is 2.11. The number of hydrogen-bond donors (Lipinski definition) is 1. The van der Waals surface area contributed by atoms with Crippen LogP contribution in [-0.2, 0) is 4.74 Å². The van der Waals surface area contributed by atoms with Gasteiger partial charge in [0, 0.05) is 6.54 Å². The van der Waals surface area contributed by atoms with E-state index in [1.54, 1.807) is 0 Å². The minimum Gasteiger partial charge on any atom is -0.381 e. The van der Waals surface area contributed by atoms with Crippen LogP contribution in [0, 0.1) is 0 Å². The molecule has 1 rings (SSSR count). The van der Waals surface area contributed by atoms with Crippen molar-refractivity contribution in [3.8, 4) is 0 Å². The first-order chi connectivity index (χ1) is 4.43. The number of hydrogen-bond acceptors (Lipinski definition) is 2. The van der Waals surface area contributed by atoms with E-state index in [2.05, 4.69) is 6.08 Å². The van der Waals surface area contributed by atoms with Crippen molar-refractivity contribution in [2.24, 2.45) is 5.73 Å². The van der Waals surface area contributed by atoms with Crippen LogP contribution in [0.3, 0.4) is 0 Å². The Hall–Kier alpha value is -0.340. The van der Waals surface area contributed by atoms with Gasteiger partial charge in [0.15, 0.2) is 0 Å². The molecule has 0 aliphatic carbocycles. The molecule has 1 heterocycles. The molecule has 0 aromatic rings. The minimum atomic E-state index is 0.676. The van der Waals surface area contributed by atoms with Gasteiger partial charge in [-0.1, -0.05) is 11.6 Å². The largest absolute Gasteiger partial charge is 0.381 e. The summed E-state index contributed by atoms with van der Waals surface area (Å²) in [5, 5.41) is 0. The molecule has 1 fully saturated rings. The van der Waals surface area contributed by atoms with Crippen molar-refractivity contribution in [3.05, 3.63) is 11.6 Å². The summed E-state index contributed by atoms with van der Waals surface area (Å²) in [6.45, 7) is 2.44. The van der Waals surface area contributed by atoms with Crippen LogP contribution in [0.25, 0.3) is 0 Å². The molecule has 0 saturated carbocycles. The van der Waals surface area contributed by atoms with E-state index in [0.29, 0.717) is 6.54 Å². The average molecular weight is 127 g/mol. The summed E-state index contributed by atoms with van der Waals surface area (Å²) in [6.07, 6.45) is 4.26. The average Bonchev–Trinajstić information content (AvgIpc) is 1.91. The van der Waals surface area contributed by atoms with Crippen molar-refractivity contribution in [2.45, 2.75) is 12.8 Å². The fraction of sp³-hybridized carbons (Fsp3) is 0.714. The molecule has 0 spiro atoms. The second-order valence-electron chi connectivity index (χ2n) is 2.21. The Bertz CT molecular complexity index is 101. The van der Waals surface area contributed by atoms with Crippen molar-refractivity contribution in [1.82, 2.24) is 0 Å². The second kappa shape index (κ2) is 3.64. The quantitative estimate of drug-likeness (QED) is 0.526. The van der Waals surface area contributed by atoms with Crippen LogP contribution in [0.15, 0.2) is 11.6 Å². The summed E-state index contributed by atoms with van der Waals surface area (Å²) in [7, 11) is 0. The van der Waals surface area contributed by atoms with Gasteiger partial charge in [0.2, 0.25) is 0 Å². The van der Waals surface area contributed by atoms with Crippen LogP contribution < -0.4 is 5.73 Å². The van der Waals surface area contributed by atoms with Crippen molar-refractivity contribution in [3.63, 3.8) is 0 Å². The van der Waals surface area contributed by atoms with Crippen molar-refractivity contribution < 1.29 is 4.74 Å². The third-order valence-corrected chi connectivity index (χ3v) is 1.54. The highest BCUT2D eigenvalue weighted by atomic mass is 16.5. The molecular formula is C7H13NO. The summed E-state index contributed by atoms with van der Waals surface area (Å²) in [5.74, 6) is 0. The lowest BCUT2D eigenvalue weighted by atomic mass is 10.1. The maximum absolute atomic E-state index is 5.34. The first-order valence-electron chi connectivity index (χ1n) is 3.39. The highest BCUT2D eigenvalue weighted by molar-refractivity contribution is 5.04. The molecule has 0 bridgehead atoms. The molecular weight excluding hydrogens is 114 g/mol. The van der Waals surface area contributed by atoms with Gasteiger partial charge >= 0.3 is 0 Å². The van der Waals surface area contributed by atoms with Crippen molar-refractivity contribution in [2.75, 3.05) is 19.8 Å². The number of rotatable bonds is 1. The SMILES string of the molecule is NCC=C1CCOCC1. The molecule has 1 aliphatic rings. The van der Waals surface area contributed by atoms with E-state index in [-0.39, 0.29) is 0 Å². The maximum atomic E-state index is 5.34. The van der Waals surface area contributed by atoms with Crippen LogP contribution in [0.5, 0.6) is 0 Å². The molecule has 0 unspecified atom stereocenters. The molecule has 2 nitrogen and oxygen atoms in total. The molecule has 9 heavy (non-hydrogen) atoms. The van der Waals surface area contributed by atoms with Crippen molar-refractivity contribution >= 4 is 0 Å². The lowest BCUT2D eigenvalue weighted by Crippen LogP contribution is -2.08. The lowest BCUT2D eigenvalue weighted by Gasteiger charge is -2.13. The number of nitrogens with two attached hydrogens (primary N) is 1. The molecule has 0 atom stereocenters. The van der Waals surface area contributed by atoms with Crippen LogP contribution in [-0.4, -0.2) is 19.8 Å². The van der Waals surface area contributed by atoms with Gasteiger partial charge in [0.1, 0.15) is 0 Å². The smallest absolute Gasteiger partial charge is 0.0503 e. The summed E-state index contributed by atoms with van der Waals surface area (Å²) in [5.41, 5.74) is 6.80. The summed E-state index contributed by atoms with van der Waals surface area (Å²) in [6, 6.07) is 0. The molecule has 1 saturated heterocycles. The van der Waals surface area contributed by atoms with Gasteiger partial charge in [-0.15, -0.1) is 0 Å². The summed E-state index contributed by atoms with van der Waals surface area (Å²) >= 11 is 0. The second-order valence-corrected chi connectivity index (χ2v) is 2.21. The van der Waals surface area contributed by atoms with E-state index < -0.39 is 0 Å². The van der Waals surface area contributed by atoms with Crippen LogP contribution in [0.2, 0.25) is 0 Å². The fourth-order valence-corrected chi connectivity index (χ4v) is 1.00. The first kappa shape index (κ1) is 6.78. The van der Waals surface area contributed by atoms with Gasteiger partial charge in [0.25, 0.3) is 0 Å². The standard InChI is InChI=1S/C7H13NO/c8-4-1-7-2-5-9-6-3-7/h1H,2-6,8H2. The van der Waals surface area contributed by atoms with Crippen molar-refractivity contribution in [1.29, 1.82) is 0 Å². The molecule has 0 aromatic heterocycles. The normalized spacial score (nSPS) is 19.9. The zero-order chi connectivity index (χ0) is 6.53. The molecule has 2 N–H and O–H groups in total. The fourth-order valence-electron chi connectivity index (χ4n) is 1.00. The van der Waals surface area contributed by atoms with Crippen LogP contribution in [0.4, 0.5) is 0 Å². The molecule has 2 heteroatoms. The third kappa shape index (κ3) is 2.16. The minimum absolute atomic E-state index is 0.676. The molecule has 0 aromatic carbocycles. The van der Waals surface area contributed by atoms with E-state index in [4.69, 9.17) is 10.5 Å². The lowest BCUT2D eigenvalue weighted by molar-refractivity contribution is 0.119. The molecule has 1 aliphatic heterocycles. The van der Waals surface area contributed by atoms with Gasteiger partial charge in [-0.05, 0) is 12.8 Å². The predicted octanol–water partition coefficient (Wildman–Crippen LogP) is 0.682. The highest BCUT2D eigenvalue weighted by Gasteiger charge is 2.02. The van der Waals surface area contributed by atoms with E-state index >= 15 is 0 Å². The Morgan fingerprint density at radius 3 is 2.67 bits per heavy atom. The van der Waals surface area contributed by atoms with Crippen LogP contribution >= 0.6 is 0 Å². The Balaban J connectivity index is 2.30. The molecule has 52 valence electrons. The summed E-state index contributed by atoms with van der Waals surface area (Å²) in [4.78, 5) is 0. The van der Waals surface area contributed by atoms with E-state index in [0.717, 1.165) is 26.1 Å². The van der Waals surface area contributed by atoms with Gasteiger partial charge in [0.05, 0.1) is 13.2 Å². The zero-order valence-corrected chi connectivity index (χ0v) is 5.60. The Morgan fingerprint density at radius 2 is 2.11 bits per heavy atom. The van der Waals surface area contributed by atoms with E-state index in [9.17, 15) is 0 Å². The van der Waals surface area contributed by atoms with Gasteiger partial charge in [-0.3, -0.25) is 0 Å². The Morgan fingerprint density at radius 1 is 1.44 bits per heavy atom.